The summed E-state index contributed by atoms with van der Waals surface area (Å²) < 4.78 is 2.13. The van der Waals surface area contributed by atoms with Crippen molar-refractivity contribution in [1.82, 2.24) is 19.6 Å². The summed E-state index contributed by atoms with van der Waals surface area (Å²) in [6.45, 7) is 14.8. The Morgan fingerprint density at radius 1 is 1.04 bits per heavy atom. The lowest BCUT2D eigenvalue weighted by Crippen LogP contribution is -2.44. The number of aromatic nitrogens is 2. The third-order valence-electron chi connectivity index (χ3n) is 6.64. The van der Waals surface area contributed by atoms with Crippen LogP contribution in [0, 0.1) is 19.3 Å². The van der Waals surface area contributed by atoms with Gasteiger partial charge in [0.1, 0.15) is 0 Å². The van der Waals surface area contributed by atoms with E-state index in [1.807, 2.05) is 0 Å². The van der Waals surface area contributed by atoms with Gasteiger partial charge in [0.15, 0.2) is 0 Å². The fraction of sp³-hybridized carbons (Fsp3) is 0.625. The van der Waals surface area contributed by atoms with Crippen molar-refractivity contribution in [2.75, 3.05) is 26.2 Å². The van der Waals surface area contributed by atoms with Gasteiger partial charge >= 0.3 is 0 Å². The minimum Gasteiger partial charge on any atom is -0.298 e. The first-order valence-corrected chi connectivity index (χ1v) is 11.1. The number of likely N-dealkylation sites (tertiary alicyclic amines) is 2. The Kier molecular flexibility index (Phi) is 5.88. The maximum atomic E-state index is 4.69. The molecule has 1 aromatic heterocycles. The molecule has 0 N–H and O–H groups in total. The molecule has 152 valence electrons. The van der Waals surface area contributed by atoms with Gasteiger partial charge < -0.3 is 0 Å². The molecule has 2 fully saturated rings. The Balaban J connectivity index is 1.36. The SMILES string of the molecule is CCCn1cc(CN2CCC3(CCCN(Cc4cccc(C)c4)C3)C2)c(C)n1. The first kappa shape index (κ1) is 19.7. The van der Waals surface area contributed by atoms with Crippen molar-refractivity contribution in [2.45, 2.75) is 66.1 Å². The highest BCUT2D eigenvalue weighted by atomic mass is 15.3. The van der Waals surface area contributed by atoms with Crippen LogP contribution in [0.4, 0.5) is 0 Å². The van der Waals surface area contributed by atoms with Gasteiger partial charge in [-0.15, -0.1) is 0 Å². The van der Waals surface area contributed by atoms with Crippen molar-refractivity contribution in [1.29, 1.82) is 0 Å². The number of benzene rings is 1. The zero-order chi connectivity index (χ0) is 19.6. The third kappa shape index (κ3) is 4.49. The van der Waals surface area contributed by atoms with Gasteiger partial charge in [-0.3, -0.25) is 14.5 Å². The zero-order valence-electron chi connectivity index (χ0n) is 18.0. The van der Waals surface area contributed by atoms with E-state index in [9.17, 15) is 0 Å². The number of aryl methyl sites for hydroxylation is 3. The van der Waals surface area contributed by atoms with Crippen LogP contribution in [0.1, 0.15) is 55.0 Å². The van der Waals surface area contributed by atoms with Crippen LogP contribution in [-0.2, 0) is 19.6 Å². The van der Waals surface area contributed by atoms with E-state index in [4.69, 9.17) is 5.10 Å². The van der Waals surface area contributed by atoms with Crippen molar-refractivity contribution < 1.29 is 0 Å². The molecule has 0 amide bonds. The fourth-order valence-corrected chi connectivity index (χ4v) is 5.31. The maximum Gasteiger partial charge on any atom is 0.0638 e. The Morgan fingerprint density at radius 2 is 1.86 bits per heavy atom. The van der Waals surface area contributed by atoms with E-state index in [0.717, 1.165) is 26.1 Å². The van der Waals surface area contributed by atoms with E-state index >= 15 is 0 Å². The van der Waals surface area contributed by atoms with Gasteiger partial charge in [-0.2, -0.15) is 5.10 Å². The zero-order valence-corrected chi connectivity index (χ0v) is 18.0. The van der Waals surface area contributed by atoms with Crippen molar-refractivity contribution in [3.8, 4) is 0 Å². The predicted octanol–water partition coefficient (Wildman–Crippen LogP) is 4.40. The number of hydrogen-bond acceptors (Lipinski definition) is 3. The summed E-state index contributed by atoms with van der Waals surface area (Å²) >= 11 is 0. The molecular weight excluding hydrogens is 344 g/mol. The first-order chi connectivity index (χ1) is 13.5. The average Bonchev–Trinajstić information content (AvgIpc) is 3.19. The summed E-state index contributed by atoms with van der Waals surface area (Å²) in [5, 5.41) is 4.69. The Labute approximate surface area is 170 Å². The van der Waals surface area contributed by atoms with Gasteiger partial charge in [0.2, 0.25) is 0 Å². The molecule has 0 aliphatic carbocycles. The van der Waals surface area contributed by atoms with E-state index in [1.165, 1.54) is 67.8 Å². The average molecular weight is 381 g/mol. The van der Waals surface area contributed by atoms with Crippen LogP contribution < -0.4 is 0 Å². The molecule has 0 saturated carbocycles. The van der Waals surface area contributed by atoms with Crippen LogP contribution in [0.15, 0.2) is 30.5 Å². The lowest BCUT2D eigenvalue weighted by Gasteiger charge is -2.40. The highest BCUT2D eigenvalue weighted by Gasteiger charge is 2.41. The molecular formula is C24H36N4. The highest BCUT2D eigenvalue weighted by molar-refractivity contribution is 5.22. The van der Waals surface area contributed by atoms with E-state index in [2.05, 4.69) is 65.7 Å². The minimum atomic E-state index is 0.495. The molecule has 0 bridgehead atoms. The van der Waals surface area contributed by atoms with Crippen molar-refractivity contribution in [3.63, 3.8) is 0 Å². The molecule has 2 aromatic rings. The van der Waals surface area contributed by atoms with Gasteiger partial charge in [-0.05, 0) is 63.6 Å². The summed E-state index contributed by atoms with van der Waals surface area (Å²) in [6, 6.07) is 9.02. The van der Waals surface area contributed by atoms with E-state index in [1.54, 1.807) is 0 Å². The summed E-state index contributed by atoms with van der Waals surface area (Å²) in [5.74, 6) is 0. The topological polar surface area (TPSA) is 24.3 Å². The molecule has 2 aliphatic rings. The van der Waals surface area contributed by atoms with Crippen LogP contribution in [0.3, 0.4) is 0 Å². The quantitative estimate of drug-likeness (QED) is 0.742. The Morgan fingerprint density at radius 3 is 2.64 bits per heavy atom. The summed E-state index contributed by atoms with van der Waals surface area (Å²) in [6.07, 6.45) is 7.49. The normalized spacial score (nSPS) is 23.7. The molecule has 2 aliphatic heterocycles. The van der Waals surface area contributed by atoms with E-state index in [0.29, 0.717) is 5.41 Å². The van der Waals surface area contributed by atoms with Crippen LogP contribution in [0.25, 0.3) is 0 Å². The van der Waals surface area contributed by atoms with Crippen molar-refractivity contribution in [3.05, 3.63) is 52.8 Å². The monoisotopic (exact) mass is 380 g/mol. The second-order valence-corrected chi connectivity index (χ2v) is 9.27. The molecule has 4 heteroatoms. The van der Waals surface area contributed by atoms with Gasteiger partial charge in [-0.25, -0.2) is 0 Å². The lowest BCUT2D eigenvalue weighted by atomic mass is 9.79. The molecule has 2 saturated heterocycles. The molecule has 3 heterocycles. The summed E-state index contributed by atoms with van der Waals surface area (Å²) in [7, 11) is 0. The smallest absolute Gasteiger partial charge is 0.0638 e. The lowest BCUT2D eigenvalue weighted by molar-refractivity contribution is 0.0866. The van der Waals surface area contributed by atoms with Crippen LogP contribution in [-0.4, -0.2) is 45.8 Å². The largest absolute Gasteiger partial charge is 0.298 e. The Bertz CT molecular complexity index is 796. The number of hydrogen-bond donors (Lipinski definition) is 0. The maximum absolute atomic E-state index is 4.69. The minimum absolute atomic E-state index is 0.495. The standard InChI is InChI=1S/C24H36N4/c1-4-11-28-17-23(21(3)25-28)16-27-13-10-24(19-27)9-6-12-26(18-24)15-22-8-5-7-20(2)14-22/h5,7-8,14,17H,4,6,9-13,15-16,18-19H2,1-3H3. The van der Waals surface area contributed by atoms with Crippen LogP contribution in [0.5, 0.6) is 0 Å². The van der Waals surface area contributed by atoms with E-state index < -0.39 is 0 Å². The number of rotatable bonds is 6. The first-order valence-electron chi connectivity index (χ1n) is 11.1. The number of nitrogens with zero attached hydrogens (tertiary/aromatic N) is 4. The van der Waals surface area contributed by atoms with Gasteiger partial charge in [0, 0.05) is 44.5 Å². The molecule has 0 radical (unpaired) electrons. The molecule has 4 nitrogen and oxygen atoms in total. The highest BCUT2D eigenvalue weighted by Crippen LogP contribution is 2.40. The molecule has 1 atom stereocenters. The molecule has 1 unspecified atom stereocenters. The van der Waals surface area contributed by atoms with Gasteiger partial charge in [0.05, 0.1) is 5.69 Å². The molecule has 1 spiro atoms. The second-order valence-electron chi connectivity index (χ2n) is 9.27. The second kappa shape index (κ2) is 8.38. The Hall–Kier alpha value is -1.65. The van der Waals surface area contributed by atoms with Crippen molar-refractivity contribution in [2.24, 2.45) is 5.41 Å². The third-order valence-corrected chi connectivity index (χ3v) is 6.64. The number of piperidine rings is 1. The summed E-state index contributed by atoms with van der Waals surface area (Å²) in [4.78, 5) is 5.38. The van der Waals surface area contributed by atoms with Gasteiger partial charge in [-0.1, -0.05) is 36.8 Å². The molecule has 28 heavy (non-hydrogen) atoms. The molecule has 1 aromatic carbocycles. The predicted molar refractivity (Wildman–Crippen MR) is 115 cm³/mol. The van der Waals surface area contributed by atoms with Crippen LogP contribution in [0.2, 0.25) is 0 Å². The van der Waals surface area contributed by atoms with E-state index in [-0.39, 0.29) is 0 Å². The summed E-state index contributed by atoms with van der Waals surface area (Å²) in [5.41, 5.74) is 5.95. The molecule has 4 rings (SSSR count). The fourth-order valence-electron chi connectivity index (χ4n) is 5.31. The van der Waals surface area contributed by atoms with Gasteiger partial charge in [0.25, 0.3) is 0 Å². The van der Waals surface area contributed by atoms with Crippen molar-refractivity contribution >= 4 is 0 Å². The van der Waals surface area contributed by atoms with Crippen LogP contribution >= 0.6 is 0 Å².